The zero-order chi connectivity index (χ0) is 18.9. The number of halogens is 4. The third kappa shape index (κ3) is 4.53. The van der Waals surface area contributed by atoms with Crippen LogP contribution in [0.4, 0.5) is 5.82 Å². The van der Waals surface area contributed by atoms with Gasteiger partial charge in [-0.1, -0.05) is 56.8 Å². The van der Waals surface area contributed by atoms with E-state index in [2.05, 4.69) is 25.8 Å². The van der Waals surface area contributed by atoms with Crippen LogP contribution < -0.4 is 4.72 Å². The highest BCUT2D eigenvalue weighted by molar-refractivity contribution is 9.10. The van der Waals surface area contributed by atoms with Gasteiger partial charge >= 0.3 is 0 Å². The summed E-state index contributed by atoms with van der Waals surface area (Å²) in [6.45, 7) is 0.315. The van der Waals surface area contributed by atoms with Gasteiger partial charge in [0, 0.05) is 20.7 Å². The molecule has 26 heavy (non-hydrogen) atoms. The van der Waals surface area contributed by atoms with Crippen LogP contribution in [0.25, 0.3) is 0 Å². The highest BCUT2D eigenvalue weighted by Crippen LogP contribution is 2.26. The molecule has 5 nitrogen and oxygen atoms in total. The van der Waals surface area contributed by atoms with E-state index in [1.807, 2.05) is 0 Å². The number of nitrogens with zero attached hydrogens (tertiary/aromatic N) is 2. The fourth-order valence-corrected chi connectivity index (χ4v) is 4.18. The summed E-state index contributed by atoms with van der Waals surface area (Å²) in [4.78, 5) is 0.104. The van der Waals surface area contributed by atoms with Crippen molar-refractivity contribution in [1.82, 2.24) is 9.78 Å². The van der Waals surface area contributed by atoms with E-state index in [-0.39, 0.29) is 15.7 Å². The highest BCUT2D eigenvalue weighted by atomic mass is 79.9. The minimum Gasteiger partial charge on any atom is -0.265 e. The van der Waals surface area contributed by atoms with Crippen molar-refractivity contribution in [1.29, 1.82) is 0 Å². The molecule has 0 aliphatic rings. The molecule has 0 amide bonds. The average molecular weight is 496 g/mol. The van der Waals surface area contributed by atoms with Crippen molar-refractivity contribution < 1.29 is 8.42 Å². The van der Waals surface area contributed by atoms with Crippen molar-refractivity contribution in [3.63, 3.8) is 0 Å². The second-order valence-corrected chi connectivity index (χ2v) is 9.17. The third-order valence-corrected chi connectivity index (χ3v) is 6.17. The van der Waals surface area contributed by atoms with Gasteiger partial charge in [-0.15, -0.1) is 0 Å². The molecule has 0 atom stereocenters. The summed E-state index contributed by atoms with van der Waals surface area (Å²) >= 11 is 21.4. The number of hydrogen-bond donors (Lipinski definition) is 1. The summed E-state index contributed by atoms with van der Waals surface area (Å²) in [6, 6.07) is 11.3. The van der Waals surface area contributed by atoms with Gasteiger partial charge in [0.2, 0.25) is 0 Å². The monoisotopic (exact) mass is 493 g/mol. The molecule has 3 rings (SSSR count). The van der Waals surface area contributed by atoms with Gasteiger partial charge in [0.05, 0.1) is 11.4 Å². The fraction of sp³-hybridized carbons (Fsp3) is 0.0625. The Hall–Kier alpha value is -1.25. The summed E-state index contributed by atoms with van der Waals surface area (Å²) < 4.78 is 29.6. The molecule has 2 aromatic carbocycles. The summed E-state index contributed by atoms with van der Waals surface area (Å²) in [6.07, 6.45) is 1.52. The number of nitrogens with one attached hydrogen (secondary N) is 1. The molecule has 0 saturated carbocycles. The maximum atomic E-state index is 12.5. The van der Waals surface area contributed by atoms with Gasteiger partial charge in [-0.25, -0.2) is 8.42 Å². The van der Waals surface area contributed by atoms with Crippen molar-refractivity contribution in [2.45, 2.75) is 11.4 Å². The van der Waals surface area contributed by atoms with Crippen molar-refractivity contribution in [2.75, 3.05) is 4.72 Å². The van der Waals surface area contributed by atoms with Crippen LogP contribution in [0.3, 0.4) is 0 Å². The lowest BCUT2D eigenvalue weighted by molar-refractivity contribution is 0.600. The first-order valence-electron chi connectivity index (χ1n) is 7.20. The number of rotatable bonds is 5. The van der Waals surface area contributed by atoms with E-state index < -0.39 is 10.0 Å². The predicted molar refractivity (Wildman–Crippen MR) is 108 cm³/mol. The van der Waals surface area contributed by atoms with Crippen molar-refractivity contribution >= 4 is 66.6 Å². The van der Waals surface area contributed by atoms with Gasteiger partial charge in [0.15, 0.2) is 5.82 Å². The van der Waals surface area contributed by atoms with Gasteiger partial charge in [0.25, 0.3) is 10.0 Å². The van der Waals surface area contributed by atoms with Crippen LogP contribution in [0.5, 0.6) is 0 Å². The summed E-state index contributed by atoms with van der Waals surface area (Å²) in [5, 5.41) is 5.38. The molecule has 0 bridgehead atoms. The molecule has 1 N–H and O–H groups in total. The zero-order valence-electron chi connectivity index (χ0n) is 13.0. The normalized spacial score (nSPS) is 11.5. The number of sulfonamides is 1. The molecule has 0 spiro atoms. The second kappa shape index (κ2) is 7.78. The van der Waals surface area contributed by atoms with Crippen LogP contribution in [-0.4, -0.2) is 18.2 Å². The van der Waals surface area contributed by atoms with Crippen LogP contribution in [0.2, 0.25) is 15.1 Å². The Kier molecular flexibility index (Phi) is 5.84. The standard InChI is InChI=1S/C16H11BrCl3N3O2S/c17-11-2-5-13(6-3-11)26(24,25)22-16-15(20)9-23(21-16)8-10-1-4-12(18)7-14(10)19/h1-7,9H,8H2,(H,21,22). The molecule has 3 aromatic rings. The molecule has 0 fully saturated rings. The third-order valence-electron chi connectivity index (χ3n) is 3.42. The molecule has 0 unspecified atom stereocenters. The summed E-state index contributed by atoms with van der Waals surface area (Å²) in [7, 11) is -3.80. The molecule has 0 saturated heterocycles. The van der Waals surface area contributed by atoms with Gasteiger partial charge in [-0.3, -0.25) is 9.40 Å². The molecule has 0 radical (unpaired) electrons. The van der Waals surface area contributed by atoms with Crippen molar-refractivity contribution in [3.05, 3.63) is 73.8 Å². The summed E-state index contributed by atoms with van der Waals surface area (Å²) in [5.41, 5.74) is 0.776. The second-order valence-electron chi connectivity index (χ2n) is 5.32. The van der Waals surface area contributed by atoms with Crippen LogP contribution in [0.1, 0.15) is 5.56 Å². The minimum absolute atomic E-state index is 0.0414. The van der Waals surface area contributed by atoms with Crippen LogP contribution in [-0.2, 0) is 16.6 Å². The number of benzene rings is 2. The summed E-state index contributed by atoms with van der Waals surface area (Å²) in [5.74, 6) is 0.0414. The molecular formula is C16H11BrCl3N3O2S. The molecule has 0 aliphatic carbocycles. The lowest BCUT2D eigenvalue weighted by Gasteiger charge is -2.07. The van der Waals surface area contributed by atoms with E-state index in [1.54, 1.807) is 30.3 Å². The Bertz CT molecular complexity index is 1050. The topological polar surface area (TPSA) is 64.0 Å². The van der Waals surface area contributed by atoms with E-state index in [0.717, 1.165) is 10.0 Å². The average Bonchev–Trinajstić information content (AvgIpc) is 2.89. The molecule has 1 heterocycles. The first-order valence-corrected chi connectivity index (χ1v) is 10.6. The number of anilines is 1. The zero-order valence-corrected chi connectivity index (χ0v) is 17.6. The van der Waals surface area contributed by atoms with E-state index in [1.165, 1.54) is 23.0 Å². The van der Waals surface area contributed by atoms with Crippen LogP contribution in [0.15, 0.2) is 58.0 Å². The SMILES string of the molecule is O=S(=O)(Nc1nn(Cc2ccc(Cl)cc2Cl)cc1Cl)c1ccc(Br)cc1. The molecule has 1 aromatic heterocycles. The van der Waals surface area contributed by atoms with Crippen molar-refractivity contribution in [3.8, 4) is 0 Å². The van der Waals surface area contributed by atoms with Crippen molar-refractivity contribution in [2.24, 2.45) is 0 Å². The lowest BCUT2D eigenvalue weighted by atomic mass is 10.2. The number of hydrogen-bond acceptors (Lipinski definition) is 3. The smallest absolute Gasteiger partial charge is 0.263 e. The van der Waals surface area contributed by atoms with Gasteiger partial charge in [-0.2, -0.15) is 5.10 Å². The van der Waals surface area contributed by atoms with Gasteiger partial charge in [0.1, 0.15) is 5.02 Å². The molecular weight excluding hydrogens is 485 g/mol. The Balaban J connectivity index is 1.83. The Morgan fingerprint density at radius 2 is 1.73 bits per heavy atom. The number of aromatic nitrogens is 2. The first-order chi connectivity index (χ1) is 12.2. The molecule has 10 heteroatoms. The Morgan fingerprint density at radius 3 is 2.38 bits per heavy atom. The highest BCUT2D eigenvalue weighted by Gasteiger charge is 2.18. The fourth-order valence-electron chi connectivity index (χ4n) is 2.17. The maximum Gasteiger partial charge on any atom is 0.263 e. The van der Waals surface area contributed by atoms with E-state index >= 15 is 0 Å². The largest absolute Gasteiger partial charge is 0.265 e. The Labute approximate surface area is 174 Å². The van der Waals surface area contributed by atoms with Gasteiger partial charge < -0.3 is 0 Å². The van der Waals surface area contributed by atoms with E-state index in [4.69, 9.17) is 34.8 Å². The quantitative estimate of drug-likeness (QED) is 0.512. The van der Waals surface area contributed by atoms with E-state index in [9.17, 15) is 8.42 Å². The molecule has 0 aliphatic heterocycles. The Morgan fingerprint density at radius 1 is 1.04 bits per heavy atom. The van der Waals surface area contributed by atoms with Crippen LogP contribution in [0, 0.1) is 0 Å². The minimum atomic E-state index is -3.80. The maximum absolute atomic E-state index is 12.5. The molecule has 136 valence electrons. The first kappa shape index (κ1) is 19.5. The van der Waals surface area contributed by atoms with E-state index in [0.29, 0.717) is 16.6 Å². The van der Waals surface area contributed by atoms with Gasteiger partial charge in [-0.05, 0) is 42.0 Å². The lowest BCUT2D eigenvalue weighted by Crippen LogP contribution is -2.14. The predicted octanol–water partition coefficient (Wildman–Crippen LogP) is 5.45. The van der Waals surface area contributed by atoms with Crippen LogP contribution >= 0.6 is 50.7 Å².